The first kappa shape index (κ1) is 12.6. The topological polar surface area (TPSA) is 41.9 Å². The molecule has 1 fully saturated rings. The smallest absolute Gasteiger partial charge is 0.186 e. The second kappa shape index (κ2) is 5.04. The van der Waals surface area contributed by atoms with E-state index in [1.54, 1.807) is 24.5 Å². The second-order valence-corrected chi connectivity index (χ2v) is 6.16. The van der Waals surface area contributed by atoms with Gasteiger partial charge in [-0.25, -0.2) is 19.3 Å². The summed E-state index contributed by atoms with van der Waals surface area (Å²) < 4.78 is 14.1. The molecule has 1 aliphatic rings. The lowest BCUT2D eigenvalue weighted by Crippen LogP contribution is -2.19. The number of anilines is 1. The van der Waals surface area contributed by atoms with Gasteiger partial charge in [0.2, 0.25) is 0 Å². The van der Waals surface area contributed by atoms with Crippen molar-refractivity contribution in [3.63, 3.8) is 0 Å². The minimum atomic E-state index is -0.213. The number of hydrogen-bond acceptors (Lipinski definition) is 5. The molecule has 1 aromatic carbocycles. The number of aromatic nitrogens is 3. The number of rotatable bonds is 2. The van der Waals surface area contributed by atoms with Crippen LogP contribution in [-0.4, -0.2) is 28.0 Å². The van der Waals surface area contributed by atoms with Crippen molar-refractivity contribution in [2.24, 2.45) is 0 Å². The van der Waals surface area contributed by atoms with E-state index in [-0.39, 0.29) is 5.82 Å². The number of fused-ring (bicyclic) bond motifs is 1. The van der Waals surface area contributed by atoms with E-state index in [0.29, 0.717) is 5.92 Å². The summed E-state index contributed by atoms with van der Waals surface area (Å²) in [6.45, 7) is 1.80. The maximum absolute atomic E-state index is 13.3. The first-order valence-electron chi connectivity index (χ1n) is 6.87. The zero-order valence-corrected chi connectivity index (χ0v) is 12.1. The van der Waals surface area contributed by atoms with Crippen LogP contribution in [0.1, 0.15) is 18.2 Å². The lowest BCUT2D eigenvalue weighted by Gasteiger charge is -2.14. The van der Waals surface area contributed by atoms with Gasteiger partial charge in [-0.1, -0.05) is 11.3 Å². The highest BCUT2D eigenvalue weighted by Crippen LogP contribution is 2.34. The Morgan fingerprint density at radius 2 is 2.10 bits per heavy atom. The fourth-order valence-electron chi connectivity index (χ4n) is 2.69. The fraction of sp³-hybridized carbons (Fsp3) is 0.267. The van der Waals surface area contributed by atoms with E-state index in [0.717, 1.165) is 40.7 Å². The van der Waals surface area contributed by atoms with Crippen LogP contribution < -0.4 is 4.90 Å². The van der Waals surface area contributed by atoms with E-state index < -0.39 is 0 Å². The van der Waals surface area contributed by atoms with Gasteiger partial charge in [0, 0.05) is 31.4 Å². The molecule has 0 saturated carbocycles. The van der Waals surface area contributed by atoms with Crippen LogP contribution in [0.5, 0.6) is 0 Å². The molecule has 2 aromatic heterocycles. The van der Waals surface area contributed by atoms with Crippen molar-refractivity contribution in [1.29, 1.82) is 0 Å². The van der Waals surface area contributed by atoms with E-state index in [2.05, 4.69) is 19.9 Å². The van der Waals surface area contributed by atoms with E-state index in [1.807, 2.05) is 6.07 Å². The summed E-state index contributed by atoms with van der Waals surface area (Å²) in [5.74, 6) is 1.02. The van der Waals surface area contributed by atoms with E-state index in [9.17, 15) is 4.39 Å². The zero-order valence-electron chi connectivity index (χ0n) is 11.2. The highest BCUT2D eigenvalue weighted by molar-refractivity contribution is 7.22. The first-order chi connectivity index (χ1) is 10.3. The Kier molecular flexibility index (Phi) is 3.03. The Labute approximate surface area is 125 Å². The summed E-state index contributed by atoms with van der Waals surface area (Å²) in [6, 6.07) is 6.57. The van der Waals surface area contributed by atoms with Gasteiger partial charge in [-0.2, -0.15) is 0 Å². The van der Waals surface area contributed by atoms with Crippen molar-refractivity contribution in [2.75, 3.05) is 18.0 Å². The van der Waals surface area contributed by atoms with Crippen molar-refractivity contribution >= 4 is 26.7 Å². The molecule has 6 heteroatoms. The van der Waals surface area contributed by atoms with Gasteiger partial charge >= 0.3 is 0 Å². The molecular formula is C15H13FN4S. The van der Waals surface area contributed by atoms with Crippen LogP contribution in [0.2, 0.25) is 0 Å². The maximum Gasteiger partial charge on any atom is 0.186 e. The van der Waals surface area contributed by atoms with Gasteiger partial charge in [0.1, 0.15) is 11.6 Å². The Morgan fingerprint density at radius 1 is 1.24 bits per heavy atom. The molecule has 4 rings (SSSR count). The fourth-order valence-corrected chi connectivity index (χ4v) is 3.71. The highest BCUT2D eigenvalue weighted by Gasteiger charge is 2.27. The third-order valence-electron chi connectivity index (χ3n) is 3.75. The molecule has 0 N–H and O–H groups in total. The predicted octanol–water partition coefficient (Wildman–Crippen LogP) is 3.22. The molecule has 1 atom stereocenters. The molecule has 0 radical (unpaired) electrons. The SMILES string of the molecule is Fc1ccc2nc(N3CCC(c4ncccn4)C3)sc2c1. The van der Waals surface area contributed by atoms with Crippen LogP contribution in [0.4, 0.5) is 9.52 Å². The lowest BCUT2D eigenvalue weighted by atomic mass is 10.1. The molecule has 21 heavy (non-hydrogen) atoms. The Balaban J connectivity index is 1.59. The summed E-state index contributed by atoms with van der Waals surface area (Å²) in [5, 5.41) is 0.953. The van der Waals surface area contributed by atoms with Crippen molar-refractivity contribution in [3.05, 3.63) is 48.3 Å². The molecule has 4 nitrogen and oxygen atoms in total. The minimum Gasteiger partial charge on any atom is -0.347 e. The van der Waals surface area contributed by atoms with E-state index in [4.69, 9.17) is 0 Å². The Morgan fingerprint density at radius 3 is 2.95 bits per heavy atom. The van der Waals surface area contributed by atoms with E-state index >= 15 is 0 Å². The van der Waals surface area contributed by atoms with Crippen LogP contribution >= 0.6 is 11.3 Å². The minimum absolute atomic E-state index is 0.213. The van der Waals surface area contributed by atoms with Crippen LogP contribution in [0.15, 0.2) is 36.7 Å². The van der Waals surface area contributed by atoms with Crippen molar-refractivity contribution < 1.29 is 4.39 Å². The second-order valence-electron chi connectivity index (χ2n) is 5.15. The molecule has 1 unspecified atom stereocenters. The molecule has 106 valence electrons. The van der Waals surface area contributed by atoms with Crippen LogP contribution in [0, 0.1) is 5.82 Å². The van der Waals surface area contributed by atoms with Crippen molar-refractivity contribution in [3.8, 4) is 0 Å². The summed E-state index contributed by atoms with van der Waals surface area (Å²) in [6.07, 6.45) is 4.59. The normalized spacial score (nSPS) is 18.5. The Hall–Kier alpha value is -2.08. The molecule has 0 bridgehead atoms. The van der Waals surface area contributed by atoms with Gasteiger partial charge in [0.25, 0.3) is 0 Å². The van der Waals surface area contributed by atoms with E-state index in [1.165, 1.54) is 17.4 Å². The van der Waals surface area contributed by atoms with Crippen molar-refractivity contribution in [1.82, 2.24) is 15.0 Å². The predicted molar refractivity (Wildman–Crippen MR) is 81.2 cm³/mol. The molecule has 1 saturated heterocycles. The average molecular weight is 300 g/mol. The van der Waals surface area contributed by atoms with Gasteiger partial charge in [-0.3, -0.25) is 0 Å². The first-order valence-corrected chi connectivity index (χ1v) is 7.69. The van der Waals surface area contributed by atoms with Gasteiger partial charge in [0.05, 0.1) is 10.2 Å². The third-order valence-corrected chi connectivity index (χ3v) is 4.83. The number of nitrogens with zero attached hydrogens (tertiary/aromatic N) is 4. The van der Waals surface area contributed by atoms with Gasteiger partial charge < -0.3 is 4.90 Å². The van der Waals surface area contributed by atoms with Gasteiger partial charge in [0.15, 0.2) is 5.13 Å². The Bertz CT molecular complexity index is 774. The summed E-state index contributed by atoms with van der Waals surface area (Å²) in [5.41, 5.74) is 0.857. The van der Waals surface area contributed by atoms with Crippen LogP contribution in [-0.2, 0) is 0 Å². The summed E-state index contributed by atoms with van der Waals surface area (Å²) >= 11 is 1.54. The van der Waals surface area contributed by atoms with Crippen LogP contribution in [0.25, 0.3) is 10.2 Å². The summed E-state index contributed by atoms with van der Waals surface area (Å²) in [7, 11) is 0. The lowest BCUT2D eigenvalue weighted by molar-refractivity contribution is 0.630. The monoisotopic (exact) mass is 300 g/mol. The van der Waals surface area contributed by atoms with Crippen molar-refractivity contribution in [2.45, 2.75) is 12.3 Å². The zero-order chi connectivity index (χ0) is 14.2. The van der Waals surface area contributed by atoms with Gasteiger partial charge in [-0.05, 0) is 30.7 Å². The molecule has 0 spiro atoms. The molecule has 1 aliphatic heterocycles. The number of thiazole rings is 1. The number of hydrogen-bond donors (Lipinski definition) is 0. The molecule has 3 aromatic rings. The van der Waals surface area contributed by atoms with Gasteiger partial charge in [-0.15, -0.1) is 0 Å². The molecule has 0 aliphatic carbocycles. The van der Waals surface area contributed by atoms with Crippen LogP contribution in [0.3, 0.4) is 0 Å². The largest absolute Gasteiger partial charge is 0.347 e. The molecule has 0 amide bonds. The number of halogens is 1. The average Bonchev–Trinajstić information content (AvgIpc) is 3.14. The molecular weight excluding hydrogens is 287 g/mol. The summed E-state index contributed by atoms with van der Waals surface area (Å²) in [4.78, 5) is 15.5. The highest BCUT2D eigenvalue weighted by atomic mass is 32.1. The third kappa shape index (κ3) is 2.35. The standard InChI is InChI=1S/C15H13FN4S/c16-11-2-3-12-13(8-11)21-15(19-12)20-7-4-10(9-20)14-17-5-1-6-18-14/h1-3,5-6,8,10H,4,7,9H2. The quantitative estimate of drug-likeness (QED) is 0.729. The maximum atomic E-state index is 13.3. The number of benzene rings is 1. The molecule has 3 heterocycles.